The molecule has 0 aliphatic carbocycles. The Morgan fingerprint density at radius 2 is 1.70 bits per heavy atom. The monoisotopic (exact) mass is 143 g/mol. The van der Waals surface area contributed by atoms with E-state index in [-0.39, 0.29) is 0 Å². The van der Waals surface area contributed by atoms with Crippen molar-refractivity contribution in [2.24, 2.45) is 0 Å². The van der Waals surface area contributed by atoms with Crippen LogP contribution in [-0.2, 0) is 4.74 Å². The third-order valence-electron chi connectivity index (χ3n) is 2.11. The lowest BCUT2D eigenvalue weighted by Gasteiger charge is -2.31. The van der Waals surface area contributed by atoms with Gasteiger partial charge in [-0.25, -0.2) is 0 Å². The number of hydrogen-bond acceptors (Lipinski definition) is 2. The lowest BCUT2D eigenvalue weighted by molar-refractivity contribution is -0.0409. The Morgan fingerprint density at radius 3 is 2.10 bits per heavy atom. The Labute approximate surface area is 63.0 Å². The maximum atomic E-state index is 5.58. The van der Waals surface area contributed by atoms with Gasteiger partial charge in [0.1, 0.15) is 0 Å². The Balaban J connectivity index is 2.35. The fourth-order valence-electron chi connectivity index (χ4n) is 1.64. The van der Waals surface area contributed by atoms with Crippen LogP contribution in [0.4, 0.5) is 0 Å². The highest BCUT2D eigenvalue weighted by Gasteiger charge is 2.22. The van der Waals surface area contributed by atoms with Gasteiger partial charge in [-0.05, 0) is 33.7 Å². The van der Waals surface area contributed by atoms with Crippen molar-refractivity contribution in [3.05, 3.63) is 0 Å². The molecule has 10 heavy (non-hydrogen) atoms. The molecule has 0 spiro atoms. The molecular formula is C8H17NO. The smallest absolute Gasteiger partial charge is 0.0565 e. The zero-order valence-electron chi connectivity index (χ0n) is 7.05. The first-order valence-corrected chi connectivity index (χ1v) is 4.05. The first kappa shape index (κ1) is 8.02. The van der Waals surface area contributed by atoms with Crippen LogP contribution in [0.25, 0.3) is 0 Å². The molecule has 1 saturated heterocycles. The van der Waals surface area contributed by atoms with Gasteiger partial charge < -0.3 is 10.1 Å². The molecule has 1 aliphatic rings. The van der Waals surface area contributed by atoms with Crippen molar-refractivity contribution in [2.75, 3.05) is 7.05 Å². The van der Waals surface area contributed by atoms with E-state index in [1.807, 2.05) is 7.05 Å². The van der Waals surface area contributed by atoms with Crippen LogP contribution in [-0.4, -0.2) is 25.3 Å². The molecule has 0 aromatic rings. The summed E-state index contributed by atoms with van der Waals surface area (Å²) in [5.74, 6) is 0. The number of hydrogen-bond donors (Lipinski definition) is 1. The molecule has 1 N–H and O–H groups in total. The zero-order valence-corrected chi connectivity index (χ0v) is 7.05. The first-order chi connectivity index (χ1) is 4.72. The van der Waals surface area contributed by atoms with Crippen LogP contribution in [0.1, 0.15) is 26.7 Å². The van der Waals surface area contributed by atoms with Gasteiger partial charge in [-0.3, -0.25) is 0 Å². The van der Waals surface area contributed by atoms with Crippen molar-refractivity contribution >= 4 is 0 Å². The Kier molecular flexibility index (Phi) is 2.69. The van der Waals surface area contributed by atoms with E-state index in [9.17, 15) is 0 Å². The van der Waals surface area contributed by atoms with Gasteiger partial charge in [0, 0.05) is 6.04 Å². The van der Waals surface area contributed by atoms with E-state index in [0.717, 1.165) is 12.8 Å². The number of ether oxygens (including phenoxy) is 1. The molecule has 1 aliphatic heterocycles. The highest BCUT2D eigenvalue weighted by atomic mass is 16.5. The second kappa shape index (κ2) is 3.35. The van der Waals surface area contributed by atoms with E-state index in [1.165, 1.54) is 0 Å². The molecule has 0 bridgehead atoms. The first-order valence-electron chi connectivity index (χ1n) is 4.05. The molecule has 60 valence electrons. The van der Waals surface area contributed by atoms with Gasteiger partial charge in [-0.1, -0.05) is 0 Å². The van der Waals surface area contributed by atoms with Crippen LogP contribution in [0.3, 0.4) is 0 Å². The maximum Gasteiger partial charge on any atom is 0.0565 e. The van der Waals surface area contributed by atoms with Crippen LogP contribution in [0.5, 0.6) is 0 Å². The minimum absolute atomic E-state index is 0.432. The largest absolute Gasteiger partial charge is 0.375 e. The van der Waals surface area contributed by atoms with Crippen molar-refractivity contribution in [2.45, 2.75) is 44.9 Å². The SMILES string of the molecule is CNC1CC(C)OC(C)C1. The van der Waals surface area contributed by atoms with Gasteiger partial charge in [-0.2, -0.15) is 0 Å². The summed E-state index contributed by atoms with van der Waals surface area (Å²) < 4.78 is 5.58. The van der Waals surface area contributed by atoms with Gasteiger partial charge in [0.2, 0.25) is 0 Å². The average molecular weight is 143 g/mol. The van der Waals surface area contributed by atoms with Crippen LogP contribution >= 0.6 is 0 Å². The van der Waals surface area contributed by atoms with E-state index in [4.69, 9.17) is 4.74 Å². The molecule has 0 aromatic heterocycles. The Hall–Kier alpha value is -0.0800. The Morgan fingerprint density at radius 1 is 1.20 bits per heavy atom. The predicted molar refractivity (Wildman–Crippen MR) is 42.1 cm³/mol. The van der Waals surface area contributed by atoms with Gasteiger partial charge >= 0.3 is 0 Å². The van der Waals surface area contributed by atoms with Crippen LogP contribution in [0, 0.1) is 0 Å². The van der Waals surface area contributed by atoms with Crippen molar-refractivity contribution in [3.8, 4) is 0 Å². The van der Waals surface area contributed by atoms with Crippen LogP contribution in [0.2, 0.25) is 0 Å². The van der Waals surface area contributed by atoms with E-state index in [1.54, 1.807) is 0 Å². The van der Waals surface area contributed by atoms with Crippen molar-refractivity contribution < 1.29 is 4.74 Å². The van der Waals surface area contributed by atoms with Gasteiger partial charge in [0.05, 0.1) is 12.2 Å². The number of rotatable bonds is 1. The third-order valence-corrected chi connectivity index (χ3v) is 2.11. The van der Waals surface area contributed by atoms with E-state index in [2.05, 4.69) is 19.2 Å². The fraction of sp³-hybridized carbons (Fsp3) is 1.00. The van der Waals surface area contributed by atoms with Crippen molar-refractivity contribution in [1.29, 1.82) is 0 Å². The topological polar surface area (TPSA) is 21.3 Å². The van der Waals surface area contributed by atoms with Crippen LogP contribution in [0.15, 0.2) is 0 Å². The third kappa shape index (κ3) is 1.96. The highest BCUT2D eigenvalue weighted by molar-refractivity contribution is 4.76. The second-order valence-electron chi connectivity index (χ2n) is 3.21. The van der Waals surface area contributed by atoms with Gasteiger partial charge in [-0.15, -0.1) is 0 Å². The van der Waals surface area contributed by atoms with E-state index >= 15 is 0 Å². The predicted octanol–water partition coefficient (Wildman–Crippen LogP) is 1.16. The lowest BCUT2D eigenvalue weighted by atomic mass is 10.0. The van der Waals surface area contributed by atoms with Gasteiger partial charge in [0.25, 0.3) is 0 Å². The van der Waals surface area contributed by atoms with E-state index in [0.29, 0.717) is 18.2 Å². The lowest BCUT2D eigenvalue weighted by Crippen LogP contribution is -2.39. The molecule has 2 heteroatoms. The fourth-order valence-corrected chi connectivity index (χ4v) is 1.64. The summed E-state index contributed by atoms with van der Waals surface area (Å²) >= 11 is 0. The molecule has 1 rings (SSSR count). The molecule has 1 fully saturated rings. The molecule has 2 nitrogen and oxygen atoms in total. The standard InChI is InChI=1S/C8H17NO/c1-6-4-8(9-3)5-7(2)10-6/h6-9H,4-5H2,1-3H3. The summed E-state index contributed by atoms with van der Waals surface area (Å²) in [6.07, 6.45) is 3.17. The molecule has 0 amide bonds. The summed E-state index contributed by atoms with van der Waals surface area (Å²) in [5, 5.41) is 3.28. The summed E-state index contributed by atoms with van der Waals surface area (Å²) in [6, 6.07) is 0.666. The molecule has 0 radical (unpaired) electrons. The zero-order chi connectivity index (χ0) is 7.56. The molecule has 0 saturated carbocycles. The summed E-state index contributed by atoms with van der Waals surface area (Å²) in [5.41, 5.74) is 0. The summed E-state index contributed by atoms with van der Waals surface area (Å²) in [4.78, 5) is 0. The quantitative estimate of drug-likeness (QED) is 0.594. The number of nitrogens with one attached hydrogen (secondary N) is 1. The van der Waals surface area contributed by atoms with Crippen molar-refractivity contribution in [3.63, 3.8) is 0 Å². The Bertz CT molecular complexity index is 95.4. The highest BCUT2D eigenvalue weighted by Crippen LogP contribution is 2.18. The molecule has 0 aromatic carbocycles. The molecule has 2 atom stereocenters. The molecule has 2 unspecified atom stereocenters. The van der Waals surface area contributed by atoms with Crippen molar-refractivity contribution in [1.82, 2.24) is 5.32 Å². The van der Waals surface area contributed by atoms with Crippen LogP contribution < -0.4 is 5.32 Å². The molecular weight excluding hydrogens is 126 g/mol. The molecule has 1 heterocycles. The average Bonchev–Trinajstić information content (AvgIpc) is 1.85. The summed E-state index contributed by atoms with van der Waals surface area (Å²) in [6.45, 7) is 4.28. The maximum absolute atomic E-state index is 5.58. The normalized spacial score (nSPS) is 41.7. The summed E-state index contributed by atoms with van der Waals surface area (Å²) in [7, 11) is 2.02. The van der Waals surface area contributed by atoms with E-state index < -0.39 is 0 Å². The minimum atomic E-state index is 0.432. The van der Waals surface area contributed by atoms with Gasteiger partial charge in [0.15, 0.2) is 0 Å². The second-order valence-corrected chi connectivity index (χ2v) is 3.21. The minimum Gasteiger partial charge on any atom is -0.375 e.